The lowest BCUT2D eigenvalue weighted by Gasteiger charge is -2.34. The van der Waals surface area contributed by atoms with Gasteiger partial charge in [-0.3, -0.25) is 4.79 Å². The van der Waals surface area contributed by atoms with Crippen molar-refractivity contribution in [2.45, 2.75) is 57.7 Å². The van der Waals surface area contributed by atoms with Crippen molar-refractivity contribution in [2.24, 2.45) is 5.92 Å². The molecule has 0 bridgehead atoms. The van der Waals surface area contributed by atoms with Gasteiger partial charge in [0.1, 0.15) is 11.8 Å². The number of benzene rings is 1. The van der Waals surface area contributed by atoms with Crippen LogP contribution in [0.15, 0.2) is 24.3 Å². The number of carbonyl (C=O) groups is 2. The minimum Gasteiger partial charge on any atom is -0.480 e. The molecule has 1 aliphatic heterocycles. The van der Waals surface area contributed by atoms with Gasteiger partial charge in [0.2, 0.25) is 15.9 Å². The van der Waals surface area contributed by atoms with Crippen LogP contribution in [-0.4, -0.2) is 48.1 Å². The Labute approximate surface area is 159 Å². The zero-order valence-corrected chi connectivity index (χ0v) is 16.2. The average molecular weight is 394 g/mol. The lowest BCUT2D eigenvalue weighted by Crippen LogP contribution is -2.51. The highest BCUT2D eigenvalue weighted by Crippen LogP contribution is 2.25. The molecule has 3 rings (SSSR count). The standard InChI is InChI=1S/C19H26N2O5S/c1-13-6-8-16(9-7-13)20-27(25,26)12-18(22)21-11-15-5-3-2-4-14(15)10-17(21)19(23)24/h2-5,13,16-17,20H,6-12H2,1H3,(H,23,24). The fourth-order valence-electron chi connectivity index (χ4n) is 3.92. The van der Waals surface area contributed by atoms with Crippen molar-refractivity contribution in [1.29, 1.82) is 0 Å². The van der Waals surface area contributed by atoms with E-state index in [0.717, 1.165) is 36.8 Å². The number of carbonyl (C=O) groups excluding carboxylic acids is 1. The molecule has 1 saturated carbocycles. The van der Waals surface area contributed by atoms with Crippen molar-refractivity contribution < 1.29 is 23.1 Å². The summed E-state index contributed by atoms with van der Waals surface area (Å²) in [5, 5.41) is 9.51. The normalized spacial score (nSPS) is 25.7. The number of hydrogen-bond acceptors (Lipinski definition) is 4. The van der Waals surface area contributed by atoms with Crippen molar-refractivity contribution in [3.05, 3.63) is 35.4 Å². The minimum atomic E-state index is -3.81. The predicted molar refractivity (Wildman–Crippen MR) is 100 cm³/mol. The molecule has 27 heavy (non-hydrogen) atoms. The topological polar surface area (TPSA) is 104 Å². The molecular weight excluding hydrogens is 368 g/mol. The van der Waals surface area contributed by atoms with Gasteiger partial charge in [-0.1, -0.05) is 31.2 Å². The maximum Gasteiger partial charge on any atom is 0.326 e. The Bertz CT molecular complexity index is 815. The van der Waals surface area contributed by atoms with Crippen LogP contribution in [0.4, 0.5) is 0 Å². The maximum absolute atomic E-state index is 12.7. The van der Waals surface area contributed by atoms with Gasteiger partial charge in [0.05, 0.1) is 0 Å². The molecule has 1 atom stereocenters. The number of amides is 1. The summed E-state index contributed by atoms with van der Waals surface area (Å²) in [5.41, 5.74) is 1.74. The summed E-state index contributed by atoms with van der Waals surface area (Å²) in [5.74, 6) is -1.92. The molecule has 1 aromatic rings. The van der Waals surface area contributed by atoms with Gasteiger partial charge in [-0.05, 0) is 42.7 Å². The van der Waals surface area contributed by atoms with Crippen LogP contribution in [0.1, 0.15) is 43.7 Å². The number of nitrogens with zero attached hydrogens (tertiary/aromatic N) is 1. The summed E-state index contributed by atoms with van der Waals surface area (Å²) in [6, 6.07) is 6.15. The molecule has 0 spiro atoms. The fourth-order valence-corrected chi connectivity index (χ4v) is 5.24. The SMILES string of the molecule is CC1CCC(NS(=O)(=O)CC(=O)N2Cc3ccccc3CC2C(=O)O)CC1. The zero-order chi connectivity index (χ0) is 19.6. The lowest BCUT2D eigenvalue weighted by molar-refractivity contribution is -0.150. The molecule has 1 unspecified atom stereocenters. The van der Waals surface area contributed by atoms with E-state index in [9.17, 15) is 23.1 Å². The van der Waals surface area contributed by atoms with E-state index >= 15 is 0 Å². The third-order valence-electron chi connectivity index (χ3n) is 5.53. The first-order valence-electron chi connectivity index (χ1n) is 9.34. The number of nitrogens with one attached hydrogen (secondary N) is 1. The van der Waals surface area contributed by atoms with E-state index in [0.29, 0.717) is 5.92 Å². The number of carboxylic acid groups (broad SMARTS) is 1. The van der Waals surface area contributed by atoms with E-state index < -0.39 is 33.7 Å². The second-order valence-corrected chi connectivity index (χ2v) is 9.44. The van der Waals surface area contributed by atoms with Gasteiger partial charge < -0.3 is 10.0 Å². The summed E-state index contributed by atoms with van der Waals surface area (Å²) in [6.07, 6.45) is 3.65. The van der Waals surface area contributed by atoms with Crippen LogP contribution < -0.4 is 4.72 Å². The Morgan fingerprint density at radius 1 is 1.15 bits per heavy atom. The Kier molecular flexibility index (Phi) is 5.86. The lowest BCUT2D eigenvalue weighted by atomic mass is 9.88. The van der Waals surface area contributed by atoms with Gasteiger partial charge >= 0.3 is 5.97 Å². The molecule has 1 amide bonds. The first-order valence-corrected chi connectivity index (χ1v) is 11.0. The molecule has 148 valence electrons. The van der Waals surface area contributed by atoms with E-state index in [4.69, 9.17) is 0 Å². The van der Waals surface area contributed by atoms with Gasteiger partial charge in [0.15, 0.2) is 0 Å². The Balaban J connectivity index is 1.69. The van der Waals surface area contributed by atoms with Crippen LogP contribution >= 0.6 is 0 Å². The third kappa shape index (κ3) is 4.87. The highest BCUT2D eigenvalue weighted by Gasteiger charge is 2.36. The van der Waals surface area contributed by atoms with Gasteiger partial charge in [0, 0.05) is 19.0 Å². The molecule has 2 aliphatic rings. The van der Waals surface area contributed by atoms with Crippen LogP contribution in [0, 0.1) is 5.92 Å². The number of hydrogen-bond donors (Lipinski definition) is 2. The third-order valence-corrected chi connectivity index (χ3v) is 6.85. The van der Waals surface area contributed by atoms with Crippen LogP contribution in [0.2, 0.25) is 0 Å². The summed E-state index contributed by atoms with van der Waals surface area (Å²) >= 11 is 0. The predicted octanol–water partition coefficient (Wildman–Crippen LogP) is 1.52. The monoisotopic (exact) mass is 394 g/mol. The summed E-state index contributed by atoms with van der Waals surface area (Å²) < 4.78 is 27.5. The van der Waals surface area contributed by atoms with Crippen LogP contribution in [-0.2, 0) is 32.6 Å². The zero-order valence-electron chi connectivity index (χ0n) is 15.4. The second-order valence-electron chi connectivity index (χ2n) is 7.68. The fraction of sp³-hybridized carbons (Fsp3) is 0.579. The molecule has 1 heterocycles. The summed E-state index contributed by atoms with van der Waals surface area (Å²) in [7, 11) is -3.81. The number of rotatable bonds is 5. The first kappa shape index (κ1) is 19.8. The van der Waals surface area contributed by atoms with Crippen molar-refractivity contribution in [1.82, 2.24) is 9.62 Å². The highest BCUT2D eigenvalue weighted by atomic mass is 32.2. The Morgan fingerprint density at radius 3 is 2.41 bits per heavy atom. The molecule has 1 aliphatic carbocycles. The van der Waals surface area contributed by atoms with Crippen molar-refractivity contribution in [3.63, 3.8) is 0 Å². The van der Waals surface area contributed by atoms with Gasteiger partial charge in [-0.15, -0.1) is 0 Å². The van der Waals surface area contributed by atoms with E-state index in [1.165, 1.54) is 4.90 Å². The van der Waals surface area contributed by atoms with Crippen molar-refractivity contribution in [2.75, 3.05) is 5.75 Å². The Hall–Kier alpha value is -1.93. The minimum absolute atomic E-state index is 0.114. The number of fused-ring (bicyclic) bond motifs is 1. The molecule has 0 radical (unpaired) electrons. The molecule has 1 fully saturated rings. The quantitative estimate of drug-likeness (QED) is 0.788. The van der Waals surface area contributed by atoms with Crippen molar-refractivity contribution >= 4 is 21.9 Å². The van der Waals surface area contributed by atoms with E-state index in [1.807, 2.05) is 24.3 Å². The van der Waals surface area contributed by atoms with Crippen LogP contribution in [0.5, 0.6) is 0 Å². The highest BCUT2D eigenvalue weighted by molar-refractivity contribution is 7.90. The first-order chi connectivity index (χ1) is 12.7. The number of carboxylic acids is 1. The average Bonchev–Trinajstić information content (AvgIpc) is 2.61. The Morgan fingerprint density at radius 2 is 1.78 bits per heavy atom. The van der Waals surface area contributed by atoms with Crippen molar-refractivity contribution in [3.8, 4) is 0 Å². The largest absolute Gasteiger partial charge is 0.480 e. The molecular formula is C19H26N2O5S. The molecule has 0 aromatic heterocycles. The van der Waals surface area contributed by atoms with Gasteiger partial charge in [0.25, 0.3) is 0 Å². The molecule has 8 heteroatoms. The molecule has 2 N–H and O–H groups in total. The molecule has 7 nitrogen and oxygen atoms in total. The maximum atomic E-state index is 12.7. The van der Waals surface area contributed by atoms with Crippen LogP contribution in [0.25, 0.3) is 0 Å². The second kappa shape index (κ2) is 7.98. The van der Waals surface area contributed by atoms with Gasteiger partial charge in [-0.2, -0.15) is 0 Å². The van der Waals surface area contributed by atoms with E-state index in [2.05, 4.69) is 11.6 Å². The summed E-state index contributed by atoms with van der Waals surface area (Å²) in [6.45, 7) is 2.26. The van der Waals surface area contributed by atoms with Crippen LogP contribution in [0.3, 0.4) is 0 Å². The summed E-state index contributed by atoms with van der Waals surface area (Å²) in [4.78, 5) is 25.5. The number of aliphatic carboxylic acids is 1. The van der Waals surface area contributed by atoms with E-state index in [-0.39, 0.29) is 19.0 Å². The smallest absolute Gasteiger partial charge is 0.326 e. The molecule has 1 aromatic carbocycles. The van der Waals surface area contributed by atoms with E-state index in [1.54, 1.807) is 0 Å². The number of sulfonamides is 1. The molecule has 0 saturated heterocycles. The van der Waals surface area contributed by atoms with Gasteiger partial charge in [-0.25, -0.2) is 17.9 Å².